The van der Waals surface area contributed by atoms with Gasteiger partial charge in [0.05, 0.1) is 0 Å². The third-order valence-electron chi connectivity index (χ3n) is 4.60. The molecule has 18 heavy (non-hydrogen) atoms. The van der Waals surface area contributed by atoms with Crippen molar-refractivity contribution in [3.05, 3.63) is 0 Å². The van der Waals surface area contributed by atoms with Gasteiger partial charge in [0.15, 0.2) is 5.84 Å². The fourth-order valence-electron chi connectivity index (χ4n) is 2.14. The summed E-state index contributed by atoms with van der Waals surface area (Å²) in [5, 5.41) is 14.7. The number of rotatable bonds is 6. The molecule has 4 N–H and O–H groups in total. The number of hydrogen-bond acceptors (Lipinski definition) is 3. The highest BCUT2D eigenvalue weighted by molar-refractivity contribution is 6.06. The van der Waals surface area contributed by atoms with E-state index in [4.69, 9.17) is 10.9 Å². The maximum absolute atomic E-state index is 12.2. The third kappa shape index (κ3) is 2.60. The molecule has 1 amide bonds. The van der Waals surface area contributed by atoms with Crippen molar-refractivity contribution in [1.29, 1.82) is 0 Å². The van der Waals surface area contributed by atoms with E-state index in [9.17, 15) is 4.79 Å². The van der Waals surface area contributed by atoms with Gasteiger partial charge in [0.1, 0.15) is 5.41 Å². The Morgan fingerprint density at radius 3 is 2.44 bits per heavy atom. The summed E-state index contributed by atoms with van der Waals surface area (Å²) in [7, 11) is 0. The van der Waals surface area contributed by atoms with E-state index in [0.29, 0.717) is 18.9 Å². The first kappa shape index (κ1) is 14.8. The van der Waals surface area contributed by atoms with Gasteiger partial charge in [0, 0.05) is 6.54 Å². The van der Waals surface area contributed by atoms with Crippen molar-refractivity contribution in [2.24, 2.45) is 27.6 Å². The number of hydrogen-bond donors (Lipinski definition) is 3. The van der Waals surface area contributed by atoms with Gasteiger partial charge in [-0.05, 0) is 37.5 Å². The predicted molar refractivity (Wildman–Crippen MR) is 71.3 cm³/mol. The number of nitrogens with two attached hydrogens (primary N) is 1. The Hall–Kier alpha value is -1.26. The molecule has 0 radical (unpaired) electrons. The van der Waals surface area contributed by atoms with Crippen LogP contribution in [0.2, 0.25) is 0 Å². The van der Waals surface area contributed by atoms with Crippen LogP contribution in [0.25, 0.3) is 0 Å². The van der Waals surface area contributed by atoms with Gasteiger partial charge in [-0.2, -0.15) is 0 Å². The average molecular weight is 255 g/mol. The van der Waals surface area contributed by atoms with E-state index in [1.54, 1.807) is 6.92 Å². The first-order valence-electron chi connectivity index (χ1n) is 6.58. The Morgan fingerprint density at radius 2 is 2.11 bits per heavy atom. The minimum Gasteiger partial charge on any atom is -0.409 e. The van der Waals surface area contributed by atoms with E-state index in [1.165, 1.54) is 0 Å². The molecule has 1 atom stereocenters. The highest BCUT2D eigenvalue weighted by Gasteiger charge is 2.46. The van der Waals surface area contributed by atoms with Crippen molar-refractivity contribution < 1.29 is 10.0 Å². The summed E-state index contributed by atoms with van der Waals surface area (Å²) in [5.41, 5.74) is 4.95. The van der Waals surface area contributed by atoms with Crippen molar-refractivity contribution in [2.75, 3.05) is 6.54 Å². The summed E-state index contributed by atoms with van der Waals surface area (Å²) in [6.45, 7) is 8.60. The highest BCUT2D eigenvalue weighted by Crippen LogP contribution is 2.51. The van der Waals surface area contributed by atoms with E-state index < -0.39 is 5.41 Å². The Morgan fingerprint density at radius 1 is 1.56 bits per heavy atom. The Balaban J connectivity index is 2.65. The van der Waals surface area contributed by atoms with Crippen molar-refractivity contribution in [3.8, 4) is 0 Å². The van der Waals surface area contributed by atoms with Crippen LogP contribution in [-0.4, -0.2) is 23.5 Å². The lowest BCUT2D eigenvalue weighted by atomic mass is 9.84. The summed E-state index contributed by atoms with van der Waals surface area (Å²) in [4.78, 5) is 12.2. The van der Waals surface area contributed by atoms with Crippen LogP contribution in [0.4, 0.5) is 0 Å². The largest absolute Gasteiger partial charge is 0.409 e. The van der Waals surface area contributed by atoms with E-state index in [0.717, 1.165) is 12.8 Å². The van der Waals surface area contributed by atoms with Gasteiger partial charge in [-0.15, -0.1) is 0 Å². The molecular formula is C13H25N3O2. The number of oxime groups is 1. The fraction of sp³-hybridized carbons (Fsp3) is 0.846. The molecule has 5 heteroatoms. The fourth-order valence-corrected chi connectivity index (χ4v) is 2.14. The van der Waals surface area contributed by atoms with Crippen LogP contribution in [0.5, 0.6) is 0 Å². The molecule has 0 aromatic rings. The lowest BCUT2D eigenvalue weighted by Gasteiger charge is -2.27. The molecule has 1 rings (SSSR count). The molecule has 0 aromatic carbocycles. The second-order valence-corrected chi connectivity index (χ2v) is 5.87. The van der Waals surface area contributed by atoms with Gasteiger partial charge in [0.25, 0.3) is 0 Å². The minimum absolute atomic E-state index is 0.0307. The SMILES string of the molecule is CCC(C)(C(=O)NCC1(C(C)C)CC1)C(N)=NO. The van der Waals surface area contributed by atoms with E-state index in [-0.39, 0.29) is 17.2 Å². The Labute approximate surface area is 109 Å². The van der Waals surface area contributed by atoms with Gasteiger partial charge < -0.3 is 16.3 Å². The molecule has 104 valence electrons. The van der Waals surface area contributed by atoms with Crippen LogP contribution < -0.4 is 11.1 Å². The summed E-state index contributed by atoms with van der Waals surface area (Å²) < 4.78 is 0. The van der Waals surface area contributed by atoms with Crippen molar-refractivity contribution in [3.63, 3.8) is 0 Å². The smallest absolute Gasteiger partial charge is 0.233 e. The Bertz CT molecular complexity index is 348. The zero-order chi connectivity index (χ0) is 14.0. The summed E-state index contributed by atoms with van der Waals surface area (Å²) >= 11 is 0. The standard InChI is InChI=1S/C13H25N3O2/c1-5-12(4,10(14)16-18)11(17)15-8-13(6-7-13)9(2)3/h9,18H,5-8H2,1-4H3,(H2,14,16)(H,15,17). The lowest BCUT2D eigenvalue weighted by Crippen LogP contribution is -2.49. The number of nitrogens with zero attached hydrogens (tertiary/aromatic N) is 1. The van der Waals surface area contributed by atoms with Crippen molar-refractivity contribution in [1.82, 2.24) is 5.32 Å². The molecule has 1 aliphatic rings. The highest BCUT2D eigenvalue weighted by atomic mass is 16.4. The van der Waals surface area contributed by atoms with Crippen molar-refractivity contribution >= 4 is 11.7 Å². The second kappa shape index (κ2) is 5.16. The van der Waals surface area contributed by atoms with Crippen LogP contribution in [-0.2, 0) is 4.79 Å². The van der Waals surface area contributed by atoms with E-state index in [2.05, 4.69) is 24.3 Å². The molecule has 0 aliphatic heterocycles. The molecule has 0 bridgehead atoms. The van der Waals surface area contributed by atoms with E-state index >= 15 is 0 Å². The topological polar surface area (TPSA) is 87.7 Å². The minimum atomic E-state index is -0.929. The van der Waals surface area contributed by atoms with Crippen LogP contribution >= 0.6 is 0 Å². The quantitative estimate of drug-likeness (QED) is 0.292. The van der Waals surface area contributed by atoms with Crippen LogP contribution in [0, 0.1) is 16.7 Å². The zero-order valence-corrected chi connectivity index (χ0v) is 11.8. The molecule has 0 spiro atoms. The Kier molecular flexibility index (Phi) is 4.24. The zero-order valence-electron chi connectivity index (χ0n) is 11.8. The summed E-state index contributed by atoms with van der Waals surface area (Å²) in [5.74, 6) is 0.374. The third-order valence-corrected chi connectivity index (χ3v) is 4.60. The maximum Gasteiger partial charge on any atom is 0.233 e. The van der Waals surface area contributed by atoms with Crippen LogP contribution in [0.3, 0.4) is 0 Å². The first-order valence-corrected chi connectivity index (χ1v) is 6.58. The second-order valence-electron chi connectivity index (χ2n) is 5.87. The van der Waals surface area contributed by atoms with Gasteiger partial charge in [0.2, 0.25) is 5.91 Å². The summed E-state index contributed by atoms with van der Waals surface area (Å²) in [6, 6.07) is 0. The number of amidine groups is 1. The molecule has 0 heterocycles. The molecule has 0 saturated heterocycles. The normalized spacial score (nSPS) is 21.5. The molecule has 0 aromatic heterocycles. The lowest BCUT2D eigenvalue weighted by molar-refractivity contribution is -0.127. The average Bonchev–Trinajstić information content (AvgIpc) is 3.14. The van der Waals surface area contributed by atoms with Gasteiger partial charge >= 0.3 is 0 Å². The first-order chi connectivity index (χ1) is 8.32. The molecule has 1 unspecified atom stereocenters. The maximum atomic E-state index is 12.2. The molecule has 1 saturated carbocycles. The van der Waals surface area contributed by atoms with Crippen LogP contribution in [0.15, 0.2) is 5.16 Å². The summed E-state index contributed by atoms with van der Waals surface area (Å²) in [6.07, 6.45) is 2.83. The predicted octanol–water partition coefficient (Wildman–Crippen LogP) is 1.70. The number of carbonyl (C=O) groups excluding carboxylic acids is 1. The monoisotopic (exact) mass is 255 g/mol. The van der Waals surface area contributed by atoms with Crippen LogP contribution in [0.1, 0.15) is 47.0 Å². The van der Waals surface area contributed by atoms with E-state index in [1.807, 2.05) is 6.92 Å². The van der Waals surface area contributed by atoms with Crippen molar-refractivity contribution in [2.45, 2.75) is 47.0 Å². The molecule has 1 aliphatic carbocycles. The molecule has 5 nitrogen and oxygen atoms in total. The van der Waals surface area contributed by atoms with Gasteiger partial charge in [-0.1, -0.05) is 25.9 Å². The van der Waals surface area contributed by atoms with Gasteiger partial charge in [-0.25, -0.2) is 0 Å². The molecular weight excluding hydrogens is 230 g/mol. The van der Waals surface area contributed by atoms with Gasteiger partial charge in [-0.3, -0.25) is 4.79 Å². The number of carbonyl (C=O) groups is 1. The number of amides is 1. The molecule has 1 fully saturated rings. The number of nitrogens with one attached hydrogen (secondary N) is 1.